The van der Waals surface area contributed by atoms with Crippen molar-refractivity contribution in [2.24, 2.45) is 5.92 Å². The zero-order chi connectivity index (χ0) is 15.1. The van der Waals surface area contributed by atoms with E-state index in [9.17, 15) is 4.79 Å². The SMILES string of the molecule is Cc1cc(C(=O)N(C)Cc2ccc(C3CC3C)o2)sc1Br. The molecule has 3 nitrogen and oxygen atoms in total. The van der Waals surface area contributed by atoms with Crippen molar-refractivity contribution in [3.8, 4) is 0 Å². The number of aryl methyl sites for hydroxylation is 1. The summed E-state index contributed by atoms with van der Waals surface area (Å²) in [6, 6.07) is 5.96. The van der Waals surface area contributed by atoms with E-state index in [-0.39, 0.29) is 5.91 Å². The minimum atomic E-state index is 0.0338. The molecule has 1 fully saturated rings. The molecule has 21 heavy (non-hydrogen) atoms. The highest BCUT2D eigenvalue weighted by Crippen LogP contribution is 2.47. The summed E-state index contributed by atoms with van der Waals surface area (Å²) < 4.78 is 6.88. The smallest absolute Gasteiger partial charge is 0.264 e. The van der Waals surface area contributed by atoms with Gasteiger partial charge in [0.1, 0.15) is 11.5 Å². The van der Waals surface area contributed by atoms with Gasteiger partial charge in [-0.3, -0.25) is 4.79 Å². The molecular weight excluding hydrogens is 350 g/mol. The largest absolute Gasteiger partial charge is 0.464 e. The van der Waals surface area contributed by atoms with Crippen molar-refractivity contribution in [2.45, 2.75) is 32.7 Å². The van der Waals surface area contributed by atoms with Gasteiger partial charge in [0.15, 0.2) is 0 Å². The highest BCUT2D eigenvalue weighted by Gasteiger charge is 2.36. The van der Waals surface area contributed by atoms with E-state index in [1.807, 2.05) is 32.2 Å². The van der Waals surface area contributed by atoms with Crippen molar-refractivity contribution < 1.29 is 9.21 Å². The topological polar surface area (TPSA) is 33.5 Å². The van der Waals surface area contributed by atoms with Crippen LogP contribution in [0, 0.1) is 12.8 Å². The first-order chi connectivity index (χ1) is 9.95. The molecule has 0 N–H and O–H groups in total. The summed E-state index contributed by atoms with van der Waals surface area (Å²) in [6.07, 6.45) is 1.21. The number of hydrogen-bond donors (Lipinski definition) is 0. The van der Waals surface area contributed by atoms with Crippen LogP contribution in [0.25, 0.3) is 0 Å². The second-order valence-electron chi connectivity index (χ2n) is 5.85. The molecule has 2 aromatic heterocycles. The van der Waals surface area contributed by atoms with Crippen LogP contribution < -0.4 is 0 Å². The van der Waals surface area contributed by atoms with Gasteiger partial charge in [-0.1, -0.05) is 6.92 Å². The first kappa shape index (κ1) is 14.9. The van der Waals surface area contributed by atoms with E-state index >= 15 is 0 Å². The fourth-order valence-corrected chi connectivity index (χ4v) is 3.99. The summed E-state index contributed by atoms with van der Waals surface area (Å²) in [7, 11) is 1.81. The maximum Gasteiger partial charge on any atom is 0.264 e. The van der Waals surface area contributed by atoms with Gasteiger partial charge in [0.2, 0.25) is 0 Å². The second-order valence-corrected chi connectivity index (χ2v) is 8.22. The Kier molecular flexibility index (Phi) is 3.97. The van der Waals surface area contributed by atoms with Gasteiger partial charge < -0.3 is 9.32 Å². The third-order valence-electron chi connectivity index (χ3n) is 3.97. The number of furan rings is 1. The molecule has 1 amide bonds. The highest BCUT2D eigenvalue weighted by molar-refractivity contribution is 9.11. The van der Waals surface area contributed by atoms with Crippen LogP contribution in [-0.2, 0) is 6.54 Å². The predicted octanol–water partition coefficient (Wildman–Crippen LogP) is 4.81. The molecule has 2 heterocycles. The average Bonchev–Trinajstić information content (AvgIpc) is 2.84. The first-order valence-electron chi connectivity index (χ1n) is 7.05. The molecule has 2 aromatic rings. The van der Waals surface area contributed by atoms with E-state index in [2.05, 4.69) is 22.9 Å². The van der Waals surface area contributed by atoms with E-state index < -0.39 is 0 Å². The summed E-state index contributed by atoms with van der Waals surface area (Å²) in [5, 5.41) is 0. The van der Waals surface area contributed by atoms with Gasteiger partial charge in [-0.25, -0.2) is 0 Å². The minimum Gasteiger partial charge on any atom is -0.464 e. The maximum absolute atomic E-state index is 12.4. The van der Waals surface area contributed by atoms with Crippen LogP contribution in [-0.4, -0.2) is 17.9 Å². The summed E-state index contributed by atoms with van der Waals surface area (Å²) in [4.78, 5) is 14.9. The van der Waals surface area contributed by atoms with Crippen molar-refractivity contribution in [1.82, 2.24) is 4.90 Å². The Labute approximate surface area is 137 Å². The summed E-state index contributed by atoms with van der Waals surface area (Å²) in [5.41, 5.74) is 1.10. The van der Waals surface area contributed by atoms with Crippen LogP contribution >= 0.6 is 27.3 Å². The lowest BCUT2D eigenvalue weighted by atomic mass is 10.3. The molecular formula is C16H18BrNO2S. The van der Waals surface area contributed by atoms with E-state index in [1.54, 1.807) is 4.90 Å². The lowest BCUT2D eigenvalue weighted by Crippen LogP contribution is -2.25. The van der Waals surface area contributed by atoms with Crippen LogP contribution in [0.5, 0.6) is 0 Å². The van der Waals surface area contributed by atoms with Crippen LogP contribution in [0.1, 0.15) is 46.0 Å². The molecule has 1 aliphatic rings. The van der Waals surface area contributed by atoms with Crippen LogP contribution in [0.15, 0.2) is 26.4 Å². The Bertz CT molecular complexity index is 656. The van der Waals surface area contributed by atoms with Gasteiger partial charge in [-0.05, 0) is 59.0 Å². The third-order valence-corrected chi connectivity index (χ3v) is 6.09. The monoisotopic (exact) mass is 367 g/mol. The van der Waals surface area contributed by atoms with Crippen molar-refractivity contribution in [3.05, 3.63) is 43.9 Å². The van der Waals surface area contributed by atoms with Crippen molar-refractivity contribution in [1.29, 1.82) is 0 Å². The number of rotatable bonds is 4. The predicted molar refractivity (Wildman–Crippen MR) is 87.8 cm³/mol. The highest BCUT2D eigenvalue weighted by atomic mass is 79.9. The van der Waals surface area contributed by atoms with E-state index in [0.29, 0.717) is 12.5 Å². The Morgan fingerprint density at radius 1 is 1.52 bits per heavy atom. The Balaban J connectivity index is 1.66. The molecule has 2 atom stereocenters. The van der Waals surface area contributed by atoms with Gasteiger partial charge in [0, 0.05) is 13.0 Å². The number of carbonyl (C=O) groups is 1. The van der Waals surface area contributed by atoms with Gasteiger partial charge in [0.25, 0.3) is 5.91 Å². The number of halogens is 1. The molecule has 2 unspecified atom stereocenters. The average molecular weight is 368 g/mol. The fourth-order valence-electron chi connectivity index (χ4n) is 2.46. The Hall–Kier alpha value is -1.07. The number of carbonyl (C=O) groups excluding carboxylic acids is 1. The number of thiophene rings is 1. The van der Waals surface area contributed by atoms with Crippen LogP contribution in [0.4, 0.5) is 0 Å². The van der Waals surface area contributed by atoms with Crippen LogP contribution in [0.3, 0.4) is 0 Å². The van der Waals surface area contributed by atoms with Crippen molar-refractivity contribution >= 4 is 33.2 Å². The summed E-state index contributed by atoms with van der Waals surface area (Å²) >= 11 is 4.94. The van der Waals surface area contributed by atoms with E-state index in [1.165, 1.54) is 17.8 Å². The normalized spacial score (nSPS) is 20.6. The molecule has 0 aliphatic heterocycles. The molecule has 0 radical (unpaired) electrons. The standard InChI is InChI=1S/C16H18BrNO2S/c1-9-6-12(9)13-5-4-11(20-13)8-18(3)16(19)14-7-10(2)15(17)21-14/h4-5,7,9,12H,6,8H2,1-3H3. The second kappa shape index (κ2) is 5.61. The fraction of sp³-hybridized carbons (Fsp3) is 0.438. The molecule has 5 heteroatoms. The van der Waals surface area contributed by atoms with Crippen molar-refractivity contribution in [3.63, 3.8) is 0 Å². The zero-order valence-electron chi connectivity index (χ0n) is 12.4. The molecule has 1 aliphatic carbocycles. The van der Waals surface area contributed by atoms with E-state index in [0.717, 1.165) is 31.7 Å². The van der Waals surface area contributed by atoms with Gasteiger partial charge in [-0.2, -0.15) is 0 Å². The van der Waals surface area contributed by atoms with Gasteiger partial charge in [0.05, 0.1) is 15.2 Å². The quantitative estimate of drug-likeness (QED) is 0.776. The van der Waals surface area contributed by atoms with Gasteiger partial charge in [-0.15, -0.1) is 11.3 Å². The Morgan fingerprint density at radius 3 is 2.81 bits per heavy atom. The lowest BCUT2D eigenvalue weighted by Gasteiger charge is -2.14. The molecule has 0 saturated heterocycles. The third kappa shape index (κ3) is 3.09. The minimum absolute atomic E-state index is 0.0338. The van der Waals surface area contributed by atoms with E-state index in [4.69, 9.17) is 4.42 Å². The number of hydrogen-bond acceptors (Lipinski definition) is 3. The molecule has 0 spiro atoms. The number of amides is 1. The maximum atomic E-state index is 12.4. The molecule has 112 valence electrons. The lowest BCUT2D eigenvalue weighted by molar-refractivity contribution is 0.0779. The van der Waals surface area contributed by atoms with Crippen molar-refractivity contribution in [2.75, 3.05) is 7.05 Å². The number of nitrogens with zero attached hydrogens (tertiary/aromatic N) is 1. The first-order valence-corrected chi connectivity index (χ1v) is 8.66. The molecule has 0 bridgehead atoms. The zero-order valence-corrected chi connectivity index (χ0v) is 14.8. The Morgan fingerprint density at radius 2 is 2.24 bits per heavy atom. The molecule has 0 aromatic carbocycles. The summed E-state index contributed by atoms with van der Waals surface area (Å²) in [6.45, 7) is 4.74. The molecule has 3 rings (SSSR count). The molecule has 1 saturated carbocycles. The van der Waals surface area contributed by atoms with Crippen LogP contribution in [0.2, 0.25) is 0 Å². The van der Waals surface area contributed by atoms with Gasteiger partial charge >= 0.3 is 0 Å². The summed E-state index contributed by atoms with van der Waals surface area (Å²) in [5.74, 6) is 3.26.